The third-order valence-electron chi connectivity index (χ3n) is 10.6. The second-order valence-electron chi connectivity index (χ2n) is 11.8. The first-order valence-electron chi connectivity index (χ1n) is 13.1. The van der Waals surface area contributed by atoms with Crippen LogP contribution in [0, 0.1) is 46.3 Å². The molecule has 0 spiro atoms. The third-order valence-corrected chi connectivity index (χ3v) is 10.6. The van der Waals surface area contributed by atoms with Crippen LogP contribution in [0.25, 0.3) is 0 Å². The second-order valence-corrected chi connectivity index (χ2v) is 11.8. The van der Waals surface area contributed by atoms with Crippen molar-refractivity contribution in [3.63, 3.8) is 0 Å². The van der Waals surface area contributed by atoms with E-state index >= 15 is 0 Å². The molecule has 3 aliphatic carbocycles. The van der Waals surface area contributed by atoms with Crippen LogP contribution in [0.3, 0.4) is 0 Å². The minimum atomic E-state index is 0.552. The van der Waals surface area contributed by atoms with Gasteiger partial charge >= 0.3 is 0 Å². The van der Waals surface area contributed by atoms with E-state index in [2.05, 4.69) is 40.1 Å². The lowest BCUT2D eigenvalue weighted by Crippen LogP contribution is -2.44. The molecule has 7 unspecified atom stereocenters. The van der Waals surface area contributed by atoms with E-state index < -0.39 is 0 Å². The number of hydrogen-bond acceptors (Lipinski definition) is 2. The highest BCUT2D eigenvalue weighted by atomic mass is 16.6. The van der Waals surface area contributed by atoms with Gasteiger partial charge in [-0.05, 0) is 104 Å². The topological polar surface area (TPSA) is 21.3 Å². The van der Waals surface area contributed by atoms with Crippen molar-refractivity contribution in [2.75, 3.05) is 13.7 Å². The van der Waals surface area contributed by atoms with Crippen LogP contribution in [0.5, 0.6) is 0 Å². The number of rotatable bonds is 6. The van der Waals surface area contributed by atoms with Gasteiger partial charge in [-0.3, -0.25) is 0 Å². The van der Waals surface area contributed by atoms with Crippen molar-refractivity contribution >= 4 is 0 Å². The molecule has 8 atom stereocenters. The van der Waals surface area contributed by atoms with Gasteiger partial charge in [0.2, 0.25) is 0 Å². The molecule has 0 radical (unpaired) electrons. The monoisotopic (exact) mass is 405 g/mol. The van der Waals surface area contributed by atoms with Crippen molar-refractivity contribution in [2.45, 2.75) is 112 Å². The lowest BCUT2D eigenvalue weighted by atomic mass is 9.53. The molecule has 0 aromatic heterocycles. The van der Waals surface area contributed by atoms with Gasteiger partial charge in [-0.1, -0.05) is 53.9 Å². The zero-order valence-corrected chi connectivity index (χ0v) is 20.6. The van der Waals surface area contributed by atoms with Gasteiger partial charge in [0, 0.05) is 6.54 Å². The fourth-order valence-electron chi connectivity index (χ4n) is 8.55. The summed E-state index contributed by atoms with van der Waals surface area (Å²) in [7, 11) is 1.74. The van der Waals surface area contributed by atoms with Crippen LogP contribution >= 0.6 is 0 Å². The summed E-state index contributed by atoms with van der Waals surface area (Å²) in [4.78, 5) is 5.07. The fourth-order valence-corrected chi connectivity index (χ4v) is 8.55. The molecule has 3 rings (SSSR count). The number of hydroxylamine groups is 1. The van der Waals surface area contributed by atoms with E-state index in [0.29, 0.717) is 10.8 Å². The van der Waals surface area contributed by atoms with Crippen molar-refractivity contribution < 1.29 is 4.84 Å². The third kappa shape index (κ3) is 4.74. The zero-order valence-electron chi connectivity index (χ0n) is 20.6. The summed E-state index contributed by atoms with van der Waals surface area (Å²) in [5.74, 6) is 5.55. The summed E-state index contributed by atoms with van der Waals surface area (Å²) in [5, 5.41) is 0. The average Bonchev–Trinajstić information content (AvgIpc) is 3.04. The number of fused-ring (bicyclic) bond motifs is 2. The predicted octanol–water partition coefficient (Wildman–Crippen LogP) is 7.63. The van der Waals surface area contributed by atoms with Crippen LogP contribution in [-0.2, 0) is 4.84 Å². The highest BCUT2D eigenvalue weighted by Crippen LogP contribution is 2.60. The van der Waals surface area contributed by atoms with E-state index in [0.717, 1.165) is 42.1 Å². The Kier molecular flexibility index (Phi) is 8.15. The Balaban J connectivity index is 1.81. The minimum Gasteiger partial charge on any atom is -0.305 e. The molecule has 0 amide bonds. The summed E-state index contributed by atoms with van der Waals surface area (Å²) in [5.41, 5.74) is 4.20. The molecule has 0 heterocycles. The molecule has 29 heavy (non-hydrogen) atoms. The summed E-state index contributed by atoms with van der Waals surface area (Å²) < 4.78 is 0. The van der Waals surface area contributed by atoms with Crippen molar-refractivity contribution in [2.24, 2.45) is 46.3 Å². The van der Waals surface area contributed by atoms with Crippen molar-refractivity contribution in [3.05, 3.63) is 0 Å². The maximum atomic E-state index is 5.07. The van der Waals surface area contributed by atoms with E-state index in [9.17, 15) is 0 Å². The highest BCUT2D eigenvalue weighted by Gasteiger charge is 2.51. The first-order valence-corrected chi connectivity index (χ1v) is 13.1. The molecule has 3 saturated carbocycles. The first-order chi connectivity index (χ1) is 13.9. The molecular weight excluding hydrogens is 354 g/mol. The molecule has 0 aromatic carbocycles. The zero-order chi connectivity index (χ0) is 21.1. The van der Waals surface area contributed by atoms with Gasteiger partial charge < -0.3 is 4.84 Å². The molecule has 1 N–H and O–H groups in total. The summed E-state index contributed by atoms with van der Waals surface area (Å²) in [6.45, 7) is 14.1. The van der Waals surface area contributed by atoms with Crippen LogP contribution in [0.1, 0.15) is 112 Å². The maximum absolute atomic E-state index is 5.07. The summed E-state index contributed by atoms with van der Waals surface area (Å²) in [6.07, 6.45) is 17.3. The van der Waals surface area contributed by atoms with Crippen LogP contribution in [0.2, 0.25) is 0 Å². The SMILES string of the molecule is CC[C@H]1CC(C)C2CCC(CCCNOC)C2(C)CCC(C)C2(C)CCCCC12. The Morgan fingerprint density at radius 1 is 0.931 bits per heavy atom. The number of nitrogens with one attached hydrogen (secondary N) is 1. The van der Waals surface area contributed by atoms with Crippen LogP contribution in [-0.4, -0.2) is 13.7 Å². The molecule has 170 valence electrons. The second kappa shape index (κ2) is 10.0. The summed E-state index contributed by atoms with van der Waals surface area (Å²) >= 11 is 0. The molecule has 0 bridgehead atoms. The lowest BCUT2D eigenvalue weighted by molar-refractivity contribution is -0.0296. The largest absolute Gasteiger partial charge is 0.305 e. The van der Waals surface area contributed by atoms with Gasteiger partial charge in [0.25, 0.3) is 0 Å². The normalized spacial score (nSPS) is 46.1. The molecule has 3 fully saturated rings. The van der Waals surface area contributed by atoms with E-state index in [1.807, 2.05) is 0 Å². The molecule has 2 heteroatoms. The van der Waals surface area contributed by atoms with Crippen LogP contribution in [0.4, 0.5) is 0 Å². The molecule has 0 aliphatic heterocycles. The Labute approximate surface area is 182 Å². The van der Waals surface area contributed by atoms with Crippen LogP contribution < -0.4 is 5.48 Å². The van der Waals surface area contributed by atoms with Crippen molar-refractivity contribution in [1.29, 1.82) is 0 Å². The predicted molar refractivity (Wildman–Crippen MR) is 125 cm³/mol. The Hall–Kier alpha value is -0.0800. The smallest absolute Gasteiger partial charge is 0.0572 e. The minimum absolute atomic E-state index is 0.552. The summed E-state index contributed by atoms with van der Waals surface area (Å²) in [6, 6.07) is 0. The van der Waals surface area contributed by atoms with E-state index in [1.54, 1.807) is 7.11 Å². The van der Waals surface area contributed by atoms with E-state index in [-0.39, 0.29) is 0 Å². The first kappa shape index (κ1) is 23.6. The fraction of sp³-hybridized carbons (Fsp3) is 1.00. The van der Waals surface area contributed by atoms with E-state index in [1.165, 1.54) is 77.0 Å². The highest BCUT2D eigenvalue weighted by molar-refractivity contribution is 5.01. The standard InChI is InChI=1S/C27H51NO/c1-7-22-19-20(2)24-14-13-23(11-10-18-28-29-6)27(24,5)17-15-21(3)26(4)16-9-8-12-25(22)26/h20-25,28H,7-19H2,1-6H3/t20?,21?,22-,23?,24?,25?,26?,27?/m0/s1. The van der Waals surface area contributed by atoms with Gasteiger partial charge in [-0.2, -0.15) is 0 Å². The maximum Gasteiger partial charge on any atom is 0.0572 e. The lowest BCUT2D eigenvalue weighted by Gasteiger charge is -2.52. The van der Waals surface area contributed by atoms with Crippen LogP contribution in [0.15, 0.2) is 0 Å². The molecule has 0 saturated heterocycles. The van der Waals surface area contributed by atoms with Gasteiger partial charge in [0.15, 0.2) is 0 Å². The van der Waals surface area contributed by atoms with Crippen molar-refractivity contribution in [3.8, 4) is 0 Å². The number of hydrogen-bond donors (Lipinski definition) is 1. The van der Waals surface area contributed by atoms with E-state index in [4.69, 9.17) is 4.84 Å². The average molecular weight is 406 g/mol. The van der Waals surface area contributed by atoms with Gasteiger partial charge in [-0.25, -0.2) is 5.48 Å². The van der Waals surface area contributed by atoms with Crippen molar-refractivity contribution in [1.82, 2.24) is 5.48 Å². The molecule has 3 aliphatic rings. The van der Waals surface area contributed by atoms with Gasteiger partial charge in [0.1, 0.15) is 0 Å². The Morgan fingerprint density at radius 2 is 1.72 bits per heavy atom. The van der Waals surface area contributed by atoms with Gasteiger partial charge in [-0.15, -0.1) is 0 Å². The quantitative estimate of drug-likeness (QED) is 0.362. The molecule has 0 aromatic rings. The Morgan fingerprint density at radius 3 is 2.45 bits per heavy atom. The van der Waals surface area contributed by atoms with Gasteiger partial charge in [0.05, 0.1) is 7.11 Å². The Bertz CT molecular complexity index is 507. The molecular formula is C27H51NO. The molecule has 2 nitrogen and oxygen atoms in total.